The Morgan fingerprint density at radius 1 is 1.41 bits per heavy atom. The lowest BCUT2D eigenvalue weighted by atomic mass is 10.0. The molecular formula is C11H12N2O4. The molecule has 17 heavy (non-hydrogen) atoms. The normalized spacial score (nSPS) is 32.4. The molecule has 0 radical (unpaired) electrons. The number of ether oxygens (including phenoxy) is 1. The molecule has 4 atom stereocenters. The fraction of sp³-hybridized carbons (Fsp3) is 0.455. The van der Waals surface area contributed by atoms with Crippen LogP contribution in [0.4, 0.5) is 0 Å². The zero-order chi connectivity index (χ0) is 12.4. The summed E-state index contributed by atoms with van der Waals surface area (Å²) in [6.45, 7) is -0.399. The number of aliphatic hydroxyl groups is 3. The highest BCUT2D eigenvalue weighted by Crippen LogP contribution is 2.33. The van der Waals surface area contributed by atoms with Gasteiger partial charge in [-0.3, -0.25) is 4.98 Å². The van der Waals surface area contributed by atoms with Gasteiger partial charge in [0.1, 0.15) is 30.5 Å². The Morgan fingerprint density at radius 2 is 2.18 bits per heavy atom. The van der Waals surface area contributed by atoms with Crippen molar-refractivity contribution in [2.75, 3.05) is 6.61 Å². The van der Waals surface area contributed by atoms with Crippen LogP contribution in [0.1, 0.15) is 17.4 Å². The first kappa shape index (κ1) is 12.0. The van der Waals surface area contributed by atoms with Gasteiger partial charge in [0.15, 0.2) is 0 Å². The van der Waals surface area contributed by atoms with Crippen molar-refractivity contribution in [3.8, 4) is 6.07 Å². The number of aromatic nitrogens is 1. The zero-order valence-corrected chi connectivity index (χ0v) is 8.89. The van der Waals surface area contributed by atoms with Crippen LogP contribution in [0.25, 0.3) is 0 Å². The van der Waals surface area contributed by atoms with Crippen LogP contribution in [-0.2, 0) is 4.74 Å². The van der Waals surface area contributed by atoms with E-state index in [4.69, 9.17) is 15.1 Å². The molecule has 6 nitrogen and oxygen atoms in total. The first-order chi connectivity index (χ1) is 8.19. The van der Waals surface area contributed by atoms with Gasteiger partial charge in [0.05, 0.1) is 17.9 Å². The molecule has 0 spiro atoms. The Balaban J connectivity index is 2.32. The van der Waals surface area contributed by atoms with E-state index in [1.165, 1.54) is 6.20 Å². The van der Waals surface area contributed by atoms with E-state index in [2.05, 4.69) is 4.98 Å². The van der Waals surface area contributed by atoms with E-state index in [9.17, 15) is 10.2 Å². The number of hydrogen-bond acceptors (Lipinski definition) is 6. The van der Waals surface area contributed by atoms with Gasteiger partial charge in [0.2, 0.25) is 0 Å². The number of rotatable bonds is 2. The molecule has 0 bridgehead atoms. The van der Waals surface area contributed by atoms with Gasteiger partial charge >= 0.3 is 0 Å². The van der Waals surface area contributed by atoms with Crippen molar-refractivity contribution in [2.24, 2.45) is 0 Å². The Kier molecular flexibility index (Phi) is 3.36. The molecule has 1 fully saturated rings. The molecule has 3 N–H and O–H groups in total. The summed E-state index contributed by atoms with van der Waals surface area (Å²) in [6, 6.07) is 5.10. The molecule has 1 saturated heterocycles. The summed E-state index contributed by atoms with van der Waals surface area (Å²) in [4.78, 5) is 3.98. The van der Waals surface area contributed by atoms with Crippen molar-refractivity contribution in [1.82, 2.24) is 4.98 Å². The van der Waals surface area contributed by atoms with Crippen LogP contribution >= 0.6 is 0 Å². The van der Waals surface area contributed by atoms with Gasteiger partial charge in [-0.1, -0.05) is 0 Å². The third-order valence-corrected chi connectivity index (χ3v) is 2.77. The molecule has 90 valence electrons. The second-order valence-corrected chi connectivity index (χ2v) is 3.81. The molecule has 2 heterocycles. The first-order valence-electron chi connectivity index (χ1n) is 5.16. The number of aliphatic hydroxyl groups excluding tert-OH is 3. The van der Waals surface area contributed by atoms with Gasteiger partial charge in [0.25, 0.3) is 0 Å². The van der Waals surface area contributed by atoms with Gasteiger partial charge in [-0.15, -0.1) is 0 Å². The molecule has 6 heteroatoms. The summed E-state index contributed by atoms with van der Waals surface area (Å²) >= 11 is 0. The molecule has 1 aliphatic heterocycles. The largest absolute Gasteiger partial charge is 0.394 e. The maximum atomic E-state index is 9.80. The quantitative estimate of drug-likeness (QED) is 0.614. The first-order valence-corrected chi connectivity index (χ1v) is 5.16. The van der Waals surface area contributed by atoms with Crippen molar-refractivity contribution in [3.63, 3.8) is 0 Å². The third-order valence-electron chi connectivity index (χ3n) is 2.77. The predicted octanol–water partition coefficient (Wildman–Crippen LogP) is -0.893. The topological polar surface area (TPSA) is 107 Å². The van der Waals surface area contributed by atoms with E-state index in [-0.39, 0.29) is 11.3 Å². The molecule has 1 aliphatic rings. The summed E-state index contributed by atoms with van der Waals surface area (Å²) in [6.07, 6.45) is -2.65. The average Bonchev–Trinajstić information content (AvgIpc) is 2.66. The third kappa shape index (κ3) is 2.01. The smallest absolute Gasteiger partial charge is 0.130 e. The summed E-state index contributed by atoms with van der Waals surface area (Å²) in [5.74, 6) is 0. The summed E-state index contributed by atoms with van der Waals surface area (Å²) in [5.41, 5.74) is 0.555. The maximum Gasteiger partial charge on any atom is 0.130 e. The summed E-state index contributed by atoms with van der Waals surface area (Å²) < 4.78 is 5.30. The Hall–Kier alpha value is -1.52. The van der Waals surface area contributed by atoms with Crippen LogP contribution < -0.4 is 0 Å². The molecule has 0 saturated carbocycles. The lowest BCUT2D eigenvalue weighted by Crippen LogP contribution is -2.32. The number of pyridine rings is 1. The molecule has 0 aliphatic carbocycles. The molecule has 0 aromatic carbocycles. The van der Waals surface area contributed by atoms with Gasteiger partial charge in [0, 0.05) is 6.20 Å². The summed E-state index contributed by atoms with van der Waals surface area (Å²) in [5, 5.41) is 37.3. The van der Waals surface area contributed by atoms with Crippen LogP contribution in [0.5, 0.6) is 0 Å². The number of nitrogens with zero attached hydrogens (tertiary/aromatic N) is 2. The highest BCUT2D eigenvalue weighted by molar-refractivity contribution is 5.35. The monoisotopic (exact) mass is 236 g/mol. The Morgan fingerprint density at radius 3 is 2.76 bits per heavy atom. The number of nitriles is 1. The second kappa shape index (κ2) is 4.77. The average molecular weight is 236 g/mol. The fourth-order valence-electron chi connectivity index (χ4n) is 1.86. The molecule has 2 rings (SSSR count). The molecular weight excluding hydrogens is 224 g/mol. The number of hydrogen-bond donors (Lipinski definition) is 3. The van der Waals surface area contributed by atoms with E-state index in [1.54, 1.807) is 12.1 Å². The molecule has 0 amide bonds. The second-order valence-electron chi connectivity index (χ2n) is 3.81. The van der Waals surface area contributed by atoms with Gasteiger partial charge in [-0.25, -0.2) is 0 Å². The van der Waals surface area contributed by atoms with Crippen molar-refractivity contribution >= 4 is 0 Å². The highest BCUT2D eigenvalue weighted by atomic mass is 16.6. The Labute approximate surface area is 97.7 Å². The predicted molar refractivity (Wildman–Crippen MR) is 55.7 cm³/mol. The maximum absolute atomic E-state index is 9.80. The minimum absolute atomic E-state index is 0.275. The van der Waals surface area contributed by atoms with Gasteiger partial charge < -0.3 is 20.1 Å². The van der Waals surface area contributed by atoms with E-state index < -0.39 is 31.0 Å². The van der Waals surface area contributed by atoms with E-state index in [0.29, 0.717) is 0 Å². The van der Waals surface area contributed by atoms with Gasteiger partial charge in [-0.05, 0) is 12.1 Å². The van der Waals surface area contributed by atoms with Crippen LogP contribution in [-0.4, -0.2) is 45.2 Å². The molecule has 1 aromatic rings. The molecule has 1 aromatic heterocycles. The van der Waals surface area contributed by atoms with E-state index >= 15 is 0 Å². The Bertz CT molecular complexity index is 445. The lowest BCUT2D eigenvalue weighted by Gasteiger charge is -2.14. The van der Waals surface area contributed by atoms with Crippen molar-refractivity contribution in [3.05, 3.63) is 29.6 Å². The fourth-order valence-corrected chi connectivity index (χ4v) is 1.86. The highest BCUT2D eigenvalue weighted by Gasteiger charge is 2.44. The SMILES string of the molecule is N#Cc1cccnc1[C@H]1O[C@H](CO)[C@@H](O)[C@H]1O. The minimum Gasteiger partial charge on any atom is -0.394 e. The van der Waals surface area contributed by atoms with Gasteiger partial charge in [-0.2, -0.15) is 5.26 Å². The van der Waals surface area contributed by atoms with Crippen LogP contribution in [0.3, 0.4) is 0 Å². The van der Waals surface area contributed by atoms with Crippen LogP contribution in [0.15, 0.2) is 18.3 Å². The standard InChI is InChI=1S/C11H12N2O4/c12-4-6-2-1-3-13-8(6)11-10(16)9(15)7(5-14)17-11/h1-3,7,9-11,14-16H,5H2/t7-,9-,10-,11-/m1/s1. The summed E-state index contributed by atoms with van der Waals surface area (Å²) in [7, 11) is 0. The van der Waals surface area contributed by atoms with Crippen molar-refractivity contribution < 1.29 is 20.1 Å². The van der Waals surface area contributed by atoms with Crippen molar-refractivity contribution in [2.45, 2.75) is 24.4 Å². The van der Waals surface area contributed by atoms with Crippen molar-refractivity contribution in [1.29, 1.82) is 5.26 Å². The lowest BCUT2D eigenvalue weighted by molar-refractivity contribution is -0.0240. The van der Waals surface area contributed by atoms with Crippen LogP contribution in [0.2, 0.25) is 0 Å². The minimum atomic E-state index is -1.20. The van der Waals surface area contributed by atoms with Crippen LogP contribution in [0, 0.1) is 11.3 Å². The zero-order valence-electron chi connectivity index (χ0n) is 8.89. The van der Waals surface area contributed by atoms with E-state index in [1.807, 2.05) is 6.07 Å². The molecule has 0 unspecified atom stereocenters. The van der Waals surface area contributed by atoms with E-state index in [0.717, 1.165) is 0 Å².